The highest BCUT2D eigenvalue weighted by Crippen LogP contribution is 2.53. The average molecular weight is 520 g/mol. The number of carbonyl (C=O) groups is 1. The lowest BCUT2D eigenvalue weighted by Gasteiger charge is -2.61. The zero-order valence-electron chi connectivity index (χ0n) is 22.3. The third kappa shape index (κ3) is 3.56. The van der Waals surface area contributed by atoms with E-state index in [0.717, 1.165) is 81.9 Å². The summed E-state index contributed by atoms with van der Waals surface area (Å²) in [6.45, 7) is 8.50. The van der Waals surface area contributed by atoms with Crippen molar-refractivity contribution in [1.82, 2.24) is 34.2 Å². The highest BCUT2D eigenvalue weighted by Gasteiger charge is 2.56. The summed E-state index contributed by atoms with van der Waals surface area (Å²) in [4.78, 5) is 27.8. The van der Waals surface area contributed by atoms with E-state index in [2.05, 4.69) is 27.6 Å². The summed E-state index contributed by atoms with van der Waals surface area (Å²) < 4.78 is 10.3. The molecule has 196 valence electrons. The normalized spacial score (nSPS) is 20.3. The number of carbonyl (C=O) groups excluding carboxylic acids is 1. The molecule has 1 amide bonds. The van der Waals surface area contributed by atoms with Gasteiger partial charge in [-0.2, -0.15) is 5.10 Å². The predicted molar refractivity (Wildman–Crippen MR) is 149 cm³/mol. The molecule has 39 heavy (non-hydrogen) atoms. The fourth-order valence-corrected chi connectivity index (χ4v) is 6.20. The molecule has 9 nitrogen and oxygen atoms in total. The maximum absolute atomic E-state index is 12.3. The quantitative estimate of drug-likeness (QED) is 0.294. The number of benzene rings is 2. The van der Waals surface area contributed by atoms with Crippen molar-refractivity contribution in [2.24, 2.45) is 7.05 Å². The summed E-state index contributed by atoms with van der Waals surface area (Å²) >= 11 is 0. The van der Waals surface area contributed by atoms with Gasteiger partial charge in [0.15, 0.2) is 5.65 Å². The molecule has 3 aromatic heterocycles. The molecule has 0 atom stereocenters. The second-order valence-corrected chi connectivity index (χ2v) is 10.8. The van der Waals surface area contributed by atoms with Gasteiger partial charge >= 0.3 is 0 Å². The Morgan fingerprint density at radius 2 is 1.97 bits per heavy atom. The summed E-state index contributed by atoms with van der Waals surface area (Å²) in [5.41, 5.74) is 6.47. The van der Waals surface area contributed by atoms with E-state index in [4.69, 9.17) is 9.84 Å². The maximum atomic E-state index is 12.3. The highest BCUT2D eigenvalue weighted by atomic mass is 16.5. The van der Waals surface area contributed by atoms with E-state index < -0.39 is 0 Å². The summed E-state index contributed by atoms with van der Waals surface area (Å²) in [6.07, 6.45) is 7.59. The Morgan fingerprint density at radius 1 is 1.13 bits per heavy atom. The minimum absolute atomic E-state index is 0.0154. The van der Waals surface area contributed by atoms with Gasteiger partial charge in [-0.05, 0) is 75.1 Å². The highest BCUT2D eigenvalue weighted by molar-refractivity contribution is 5.93. The zero-order valence-corrected chi connectivity index (χ0v) is 22.3. The first-order valence-corrected chi connectivity index (χ1v) is 13.2. The van der Waals surface area contributed by atoms with Crippen molar-refractivity contribution in [3.05, 3.63) is 73.0 Å². The Balaban J connectivity index is 1.20. The van der Waals surface area contributed by atoms with Crippen LogP contribution in [0.4, 0.5) is 0 Å². The Bertz CT molecular complexity index is 1790. The van der Waals surface area contributed by atoms with E-state index in [9.17, 15) is 4.79 Å². The van der Waals surface area contributed by atoms with Gasteiger partial charge in [0, 0.05) is 30.8 Å². The van der Waals surface area contributed by atoms with Crippen LogP contribution in [0.5, 0.6) is 11.5 Å². The van der Waals surface area contributed by atoms with Crippen LogP contribution in [0.1, 0.15) is 36.6 Å². The van der Waals surface area contributed by atoms with Crippen molar-refractivity contribution in [3.63, 3.8) is 0 Å². The number of ether oxygens (including phenoxy) is 1. The lowest BCUT2D eigenvalue weighted by molar-refractivity contribution is -0.155. The van der Waals surface area contributed by atoms with Gasteiger partial charge in [-0.1, -0.05) is 6.58 Å². The lowest BCUT2D eigenvalue weighted by Crippen LogP contribution is -2.68. The fraction of sp³-hybridized carbons (Fsp3) is 0.300. The molecule has 4 heterocycles. The van der Waals surface area contributed by atoms with Crippen molar-refractivity contribution in [3.8, 4) is 22.8 Å². The molecule has 2 aliphatic rings. The van der Waals surface area contributed by atoms with Crippen LogP contribution in [0, 0.1) is 13.8 Å². The Hall–Kier alpha value is -4.53. The minimum atomic E-state index is -0.0652. The van der Waals surface area contributed by atoms with Crippen LogP contribution in [0.3, 0.4) is 0 Å². The van der Waals surface area contributed by atoms with Crippen molar-refractivity contribution in [2.75, 3.05) is 6.54 Å². The van der Waals surface area contributed by atoms with Crippen LogP contribution in [-0.4, -0.2) is 52.2 Å². The summed E-state index contributed by atoms with van der Waals surface area (Å²) in [5.74, 6) is 1.54. The summed E-state index contributed by atoms with van der Waals surface area (Å²) in [5, 5.41) is 6.04. The number of aromatic nitrogens is 6. The van der Waals surface area contributed by atoms with Gasteiger partial charge in [0.05, 0.1) is 34.5 Å². The first-order chi connectivity index (χ1) is 18.9. The lowest BCUT2D eigenvalue weighted by atomic mass is 9.64. The molecule has 1 spiro atoms. The largest absolute Gasteiger partial charge is 0.457 e. The molecule has 2 aromatic carbocycles. The van der Waals surface area contributed by atoms with E-state index in [1.54, 1.807) is 12.7 Å². The minimum Gasteiger partial charge on any atom is -0.457 e. The second kappa shape index (κ2) is 8.49. The van der Waals surface area contributed by atoms with Crippen LogP contribution in [0.25, 0.3) is 33.3 Å². The van der Waals surface area contributed by atoms with Gasteiger partial charge in [-0.3, -0.25) is 4.79 Å². The monoisotopic (exact) mass is 519 g/mol. The smallest absolute Gasteiger partial charge is 0.246 e. The first-order valence-electron chi connectivity index (χ1n) is 13.2. The SMILES string of the molecule is C=CC(=O)N1CCC12CC(n1nc(-c3ccc(Oc4ccc5c(c4)ncn5C)c(C)c3)c3c(C)ncnc31)C2. The van der Waals surface area contributed by atoms with E-state index >= 15 is 0 Å². The van der Waals surface area contributed by atoms with Gasteiger partial charge in [0.1, 0.15) is 23.5 Å². The molecule has 9 heteroatoms. The molecule has 5 aromatic rings. The van der Waals surface area contributed by atoms with Crippen LogP contribution in [0.2, 0.25) is 0 Å². The molecule has 0 radical (unpaired) electrons. The van der Waals surface area contributed by atoms with Gasteiger partial charge < -0.3 is 14.2 Å². The third-order valence-electron chi connectivity index (χ3n) is 8.44. The topological polar surface area (TPSA) is 91.0 Å². The molecule has 7 rings (SSSR count). The number of likely N-dealkylation sites (tertiary alicyclic amines) is 1. The number of amides is 1. The summed E-state index contributed by atoms with van der Waals surface area (Å²) in [6, 6.07) is 12.2. The number of fused-ring (bicyclic) bond motifs is 2. The number of aryl methyl sites for hydroxylation is 3. The number of rotatable bonds is 5. The van der Waals surface area contributed by atoms with Gasteiger partial charge in [-0.15, -0.1) is 0 Å². The van der Waals surface area contributed by atoms with Crippen molar-refractivity contribution in [2.45, 2.75) is 44.7 Å². The Kier molecular flexibility index (Phi) is 5.13. The Morgan fingerprint density at radius 3 is 2.72 bits per heavy atom. The van der Waals surface area contributed by atoms with Crippen LogP contribution in [-0.2, 0) is 11.8 Å². The van der Waals surface area contributed by atoms with Crippen LogP contribution < -0.4 is 4.74 Å². The van der Waals surface area contributed by atoms with Crippen molar-refractivity contribution < 1.29 is 9.53 Å². The molecular weight excluding hydrogens is 490 g/mol. The molecule has 1 aliphatic carbocycles. The number of nitrogens with zero attached hydrogens (tertiary/aromatic N) is 7. The van der Waals surface area contributed by atoms with E-state index in [1.807, 2.05) is 65.4 Å². The zero-order chi connectivity index (χ0) is 26.9. The standard InChI is InChI=1S/C30H29N7O2/c1-5-26(38)36-11-10-30(36)14-21(15-30)37-29-27(19(3)31-16-32-29)28(34-37)20-6-9-25(18(2)12-20)39-22-7-8-24-23(13-22)33-17-35(24)4/h5-9,12-13,16-17,21H,1,10-11,14-15H2,2-4H3. The van der Waals surface area contributed by atoms with E-state index in [0.29, 0.717) is 0 Å². The van der Waals surface area contributed by atoms with E-state index in [-0.39, 0.29) is 17.5 Å². The first kappa shape index (κ1) is 23.6. The van der Waals surface area contributed by atoms with Gasteiger partial charge in [0.25, 0.3) is 0 Å². The molecule has 0 N–H and O–H groups in total. The molecule has 2 fully saturated rings. The third-order valence-corrected chi connectivity index (χ3v) is 8.44. The van der Waals surface area contributed by atoms with Crippen LogP contribution in [0.15, 0.2) is 61.7 Å². The molecular formula is C30H29N7O2. The summed E-state index contributed by atoms with van der Waals surface area (Å²) in [7, 11) is 1.98. The van der Waals surface area contributed by atoms with Crippen molar-refractivity contribution >= 4 is 28.0 Å². The van der Waals surface area contributed by atoms with E-state index in [1.165, 1.54) is 6.08 Å². The van der Waals surface area contributed by atoms with Crippen molar-refractivity contribution in [1.29, 1.82) is 0 Å². The number of hydrogen-bond donors (Lipinski definition) is 0. The maximum Gasteiger partial charge on any atom is 0.246 e. The predicted octanol–water partition coefficient (Wildman–Crippen LogP) is 5.28. The fourth-order valence-electron chi connectivity index (χ4n) is 6.20. The number of imidazole rings is 1. The Labute approximate surface area is 225 Å². The van der Waals surface area contributed by atoms with Crippen LogP contribution >= 0.6 is 0 Å². The molecule has 0 bridgehead atoms. The molecule has 1 saturated heterocycles. The molecule has 0 unspecified atom stereocenters. The molecule has 1 saturated carbocycles. The van der Waals surface area contributed by atoms with Gasteiger partial charge in [-0.25, -0.2) is 19.6 Å². The molecule has 1 aliphatic heterocycles. The van der Waals surface area contributed by atoms with Gasteiger partial charge in [0.2, 0.25) is 5.91 Å². The average Bonchev–Trinajstić information content (AvgIpc) is 3.45. The second-order valence-electron chi connectivity index (χ2n) is 10.8. The number of hydrogen-bond acceptors (Lipinski definition) is 6.